The van der Waals surface area contributed by atoms with Crippen LogP contribution in [0.1, 0.15) is 90.4 Å². The standard InChI is InChI=1S/C23H39NO2/c1-2-3-4-5-6-7-8-9-10-11-12-13-14-15-17-20-23(25)26-24-21-18-16-19-22-24/h3-4,6-7,9-10H,2,5,8,11-22H2,1H3/b4-3-,7-6-,10-9-. The smallest absolute Gasteiger partial charge is 0.325 e. The van der Waals surface area contributed by atoms with Crippen molar-refractivity contribution >= 4 is 5.97 Å². The molecule has 0 aliphatic carbocycles. The topological polar surface area (TPSA) is 29.5 Å². The van der Waals surface area contributed by atoms with Gasteiger partial charge < -0.3 is 4.84 Å². The van der Waals surface area contributed by atoms with Crippen molar-refractivity contribution in [1.29, 1.82) is 0 Å². The number of piperidine rings is 1. The van der Waals surface area contributed by atoms with Crippen LogP contribution < -0.4 is 0 Å². The molecular weight excluding hydrogens is 322 g/mol. The molecule has 1 aliphatic heterocycles. The van der Waals surface area contributed by atoms with E-state index in [0.29, 0.717) is 6.42 Å². The van der Waals surface area contributed by atoms with Crippen molar-refractivity contribution < 1.29 is 9.63 Å². The average Bonchev–Trinajstić information content (AvgIpc) is 2.65. The summed E-state index contributed by atoms with van der Waals surface area (Å²) < 4.78 is 0. The molecule has 0 spiro atoms. The highest BCUT2D eigenvalue weighted by Gasteiger charge is 2.14. The fourth-order valence-corrected chi connectivity index (χ4v) is 3.03. The molecule has 0 aromatic rings. The van der Waals surface area contributed by atoms with Crippen LogP contribution in [0.2, 0.25) is 0 Å². The summed E-state index contributed by atoms with van der Waals surface area (Å²) in [6.07, 6.45) is 27.7. The average molecular weight is 362 g/mol. The van der Waals surface area contributed by atoms with Gasteiger partial charge in [0.25, 0.3) is 0 Å². The van der Waals surface area contributed by atoms with Gasteiger partial charge in [-0.2, -0.15) is 0 Å². The van der Waals surface area contributed by atoms with Crippen molar-refractivity contribution in [3.8, 4) is 0 Å². The molecular formula is C23H39NO2. The van der Waals surface area contributed by atoms with Crippen LogP contribution in [0, 0.1) is 0 Å². The molecule has 0 bridgehead atoms. The van der Waals surface area contributed by atoms with Gasteiger partial charge in [0, 0.05) is 19.5 Å². The fourth-order valence-electron chi connectivity index (χ4n) is 3.03. The Balaban J connectivity index is 1.84. The zero-order valence-electron chi connectivity index (χ0n) is 16.8. The van der Waals surface area contributed by atoms with Gasteiger partial charge in [-0.15, -0.1) is 5.06 Å². The monoisotopic (exact) mass is 361 g/mol. The third-order valence-corrected chi connectivity index (χ3v) is 4.58. The molecule has 0 N–H and O–H groups in total. The van der Waals surface area contributed by atoms with Gasteiger partial charge >= 0.3 is 5.97 Å². The quantitative estimate of drug-likeness (QED) is 0.260. The molecule has 1 fully saturated rings. The first-order chi connectivity index (χ1) is 12.8. The van der Waals surface area contributed by atoms with E-state index in [9.17, 15) is 4.79 Å². The zero-order valence-corrected chi connectivity index (χ0v) is 16.8. The van der Waals surface area contributed by atoms with Crippen LogP contribution >= 0.6 is 0 Å². The summed E-state index contributed by atoms with van der Waals surface area (Å²) in [5, 5.41) is 1.84. The summed E-state index contributed by atoms with van der Waals surface area (Å²) in [5.74, 6) is -0.0481. The van der Waals surface area contributed by atoms with Crippen LogP contribution in [0.15, 0.2) is 36.5 Å². The molecule has 0 aromatic carbocycles. The lowest BCUT2D eigenvalue weighted by molar-refractivity contribution is -0.194. The van der Waals surface area contributed by atoms with Crippen molar-refractivity contribution in [2.45, 2.75) is 90.4 Å². The SMILES string of the molecule is CC/C=C\C/C=C\C/C=C\CCCCCCCC(=O)ON1CCCCC1. The Bertz CT molecular complexity index is 420. The van der Waals surface area contributed by atoms with E-state index in [1.165, 1.54) is 32.1 Å². The van der Waals surface area contributed by atoms with Gasteiger partial charge in [0.05, 0.1) is 0 Å². The first-order valence-corrected chi connectivity index (χ1v) is 10.7. The minimum absolute atomic E-state index is 0.0481. The van der Waals surface area contributed by atoms with E-state index in [1.807, 2.05) is 5.06 Å². The minimum atomic E-state index is -0.0481. The van der Waals surface area contributed by atoms with E-state index >= 15 is 0 Å². The third kappa shape index (κ3) is 13.9. The van der Waals surface area contributed by atoms with Crippen molar-refractivity contribution in [2.75, 3.05) is 13.1 Å². The van der Waals surface area contributed by atoms with Crippen LogP contribution in [0.5, 0.6) is 0 Å². The van der Waals surface area contributed by atoms with Crippen LogP contribution in [-0.2, 0) is 9.63 Å². The van der Waals surface area contributed by atoms with Crippen LogP contribution in [0.4, 0.5) is 0 Å². The van der Waals surface area contributed by atoms with Gasteiger partial charge in [0.15, 0.2) is 0 Å². The number of hydroxylamine groups is 2. The largest absolute Gasteiger partial charge is 0.368 e. The van der Waals surface area contributed by atoms with Crippen molar-refractivity contribution in [2.24, 2.45) is 0 Å². The Kier molecular flexibility index (Phi) is 14.9. The number of carbonyl (C=O) groups excluding carboxylic acids is 1. The highest BCUT2D eigenvalue weighted by atomic mass is 16.7. The number of hydrogen-bond acceptors (Lipinski definition) is 3. The molecule has 3 heteroatoms. The number of carbonyl (C=O) groups is 1. The molecule has 0 aromatic heterocycles. The summed E-state index contributed by atoms with van der Waals surface area (Å²) in [6.45, 7) is 3.98. The summed E-state index contributed by atoms with van der Waals surface area (Å²) in [5.41, 5.74) is 0. The predicted molar refractivity (Wildman–Crippen MR) is 111 cm³/mol. The highest BCUT2D eigenvalue weighted by Crippen LogP contribution is 2.12. The maximum atomic E-state index is 11.8. The molecule has 3 nitrogen and oxygen atoms in total. The molecule has 148 valence electrons. The first-order valence-electron chi connectivity index (χ1n) is 10.7. The third-order valence-electron chi connectivity index (χ3n) is 4.58. The van der Waals surface area contributed by atoms with Gasteiger partial charge in [-0.1, -0.05) is 69.1 Å². The minimum Gasteiger partial charge on any atom is -0.368 e. The molecule has 1 heterocycles. The van der Waals surface area contributed by atoms with Gasteiger partial charge in [0.2, 0.25) is 0 Å². The second-order valence-corrected chi connectivity index (χ2v) is 7.05. The maximum absolute atomic E-state index is 11.8. The molecule has 0 atom stereocenters. The Morgan fingerprint density at radius 1 is 0.808 bits per heavy atom. The van der Waals surface area contributed by atoms with Gasteiger partial charge in [-0.3, -0.25) is 4.79 Å². The van der Waals surface area contributed by atoms with Crippen molar-refractivity contribution in [3.05, 3.63) is 36.5 Å². The second-order valence-electron chi connectivity index (χ2n) is 7.05. The summed E-state index contributed by atoms with van der Waals surface area (Å²) in [6, 6.07) is 0. The Labute approximate surface area is 161 Å². The summed E-state index contributed by atoms with van der Waals surface area (Å²) >= 11 is 0. The van der Waals surface area contributed by atoms with E-state index in [1.54, 1.807) is 0 Å². The van der Waals surface area contributed by atoms with Crippen molar-refractivity contribution in [3.63, 3.8) is 0 Å². The van der Waals surface area contributed by atoms with E-state index < -0.39 is 0 Å². The number of rotatable bonds is 14. The molecule has 1 aliphatic rings. The number of unbranched alkanes of at least 4 members (excludes halogenated alkanes) is 5. The van der Waals surface area contributed by atoms with Crippen LogP contribution in [0.3, 0.4) is 0 Å². The van der Waals surface area contributed by atoms with Gasteiger partial charge in [0.1, 0.15) is 0 Å². The first kappa shape index (κ1) is 22.7. The molecule has 0 amide bonds. The van der Waals surface area contributed by atoms with E-state index in [-0.39, 0.29) is 5.97 Å². The Hall–Kier alpha value is -1.35. The fraction of sp³-hybridized carbons (Fsp3) is 0.696. The molecule has 1 rings (SSSR count). The zero-order chi connectivity index (χ0) is 18.7. The lowest BCUT2D eigenvalue weighted by Crippen LogP contribution is -2.32. The number of nitrogens with zero attached hydrogens (tertiary/aromatic N) is 1. The number of allylic oxidation sites excluding steroid dienone is 6. The second kappa shape index (κ2) is 17.1. The Morgan fingerprint density at radius 2 is 1.42 bits per heavy atom. The van der Waals surface area contributed by atoms with Gasteiger partial charge in [-0.25, -0.2) is 0 Å². The van der Waals surface area contributed by atoms with E-state index in [0.717, 1.165) is 58.0 Å². The molecule has 0 saturated carbocycles. The van der Waals surface area contributed by atoms with E-state index in [2.05, 4.69) is 43.4 Å². The summed E-state index contributed by atoms with van der Waals surface area (Å²) in [4.78, 5) is 17.1. The Morgan fingerprint density at radius 3 is 2.15 bits per heavy atom. The van der Waals surface area contributed by atoms with Crippen LogP contribution in [-0.4, -0.2) is 24.1 Å². The maximum Gasteiger partial charge on any atom is 0.325 e. The van der Waals surface area contributed by atoms with E-state index in [4.69, 9.17) is 4.84 Å². The highest BCUT2D eigenvalue weighted by molar-refractivity contribution is 5.68. The van der Waals surface area contributed by atoms with Crippen LogP contribution in [0.25, 0.3) is 0 Å². The summed E-state index contributed by atoms with van der Waals surface area (Å²) in [7, 11) is 0. The van der Waals surface area contributed by atoms with Gasteiger partial charge in [-0.05, 0) is 51.4 Å². The molecule has 26 heavy (non-hydrogen) atoms. The normalized spacial score (nSPS) is 16.2. The predicted octanol–water partition coefficient (Wildman–Crippen LogP) is 6.52. The molecule has 0 unspecified atom stereocenters. The lowest BCUT2D eigenvalue weighted by Gasteiger charge is -2.24. The molecule has 0 radical (unpaired) electrons. The lowest BCUT2D eigenvalue weighted by atomic mass is 10.1. The molecule has 1 saturated heterocycles. The number of hydrogen-bond donors (Lipinski definition) is 0. The van der Waals surface area contributed by atoms with Crippen molar-refractivity contribution in [1.82, 2.24) is 5.06 Å².